The predicted molar refractivity (Wildman–Crippen MR) is 110 cm³/mol. The number of benzene rings is 2. The number of aromatic nitrogens is 1. The Morgan fingerprint density at radius 1 is 1.04 bits per heavy atom. The van der Waals surface area contributed by atoms with Crippen molar-refractivity contribution >= 4 is 22.5 Å². The van der Waals surface area contributed by atoms with Crippen molar-refractivity contribution in [3.05, 3.63) is 59.9 Å². The molecule has 5 nitrogen and oxygen atoms in total. The molecule has 0 amide bonds. The largest absolute Gasteiger partial charge is 0.493 e. The van der Waals surface area contributed by atoms with Crippen LogP contribution in [0.15, 0.2) is 48.7 Å². The summed E-state index contributed by atoms with van der Waals surface area (Å²) >= 11 is 0. The maximum Gasteiger partial charge on any atom is 0.161 e. The fraction of sp³-hybridized carbons (Fsp3) is 0.227. The van der Waals surface area contributed by atoms with Crippen molar-refractivity contribution in [2.45, 2.75) is 13.5 Å². The molecule has 1 N–H and O–H groups in total. The Balaban J connectivity index is 1.96. The normalized spacial score (nSPS) is 11.0. The van der Waals surface area contributed by atoms with Crippen molar-refractivity contribution in [1.29, 1.82) is 0 Å². The lowest BCUT2D eigenvalue weighted by Gasteiger charge is -2.14. The van der Waals surface area contributed by atoms with Crippen LogP contribution in [0.25, 0.3) is 16.8 Å². The molecule has 0 aliphatic rings. The fourth-order valence-corrected chi connectivity index (χ4v) is 3.05. The number of nitrogens with zero attached hydrogens (tertiary/aromatic N) is 1. The van der Waals surface area contributed by atoms with Gasteiger partial charge in [-0.15, -0.1) is 0 Å². The van der Waals surface area contributed by atoms with Crippen LogP contribution in [0.2, 0.25) is 0 Å². The summed E-state index contributed by atoms with van der Waals surface area (Å²) < 4.78 is 17.0. The van der Waals surface area contributed by atoms with Crippen LogP contribution in [0.5, 0.6) is 17.2 Å². The van der Waals surface area contributed by atoms with E-state index in [1.807, 2.05) is 62.5 Å². The van der Waals surface area contributed by atoms with E-state index in [1.165, 1.54) is 0 Å². The number of fused-ring (bicyclic) bond motifs is 1. The monoisotopic (exact) mass is 364 g/mol. The van der Waals surface area contributed by atoms with Crippen LogP contribution in [0.4, 0.5) is 5.69 Å². The third kappa shape index (κ3) is 3.82. The number of hydrogen-bond acceptors (Lipinski definition) is 5. The quantitative estimate of drug-likeness (QED) is 0.646. The SMILES string of the molecule is C/C=C\c1c(NC)cccc1OCc1nccc2cc(OC)c(OC)cc12. The van der Waals surface area contributed by atoms with Gasteiger partial charge >= 0.3 is 0 Å². The molecule has 2 aromatic carbocycles. The molecule has 0 saturated carbocycles. The number of rotatable bonds is 7. The van der Waals surface area contributed by atoms with Gasteiger partial charge in [-0.25, -0.2) is 0 Å². The minimum absolute atomic E-state index is 0.352. The van der Waals surface area contributed by atoms with Gasteiger partial charge < -0.3 is 19.5 Å². The van der Waals surface area contributed by atoms with Gasteiger partial charge in [-0.2, -0.15) is 0 Å². The van der Waals surface area contributed by atoms with Gasteiger partial charge in [0.2, 0.25) is 0 Å². The molecule has 1 heterocycles. The van der Waals surface area contributed by atoms with Crippen LogP contribution in [-0.2, 0) is 6.61 Å². The molecule has 1 aromatic heterocycles. The van der Waals surface area contributed by atoms with E-state index in [2.05, 4.69) is 10.3 Å². The number of methoxy groups -OCH3 is 2. The summed E-state index contributed by atoms with van der Waals surface area (Å²) in [5, 5.41) is 5.20. The summed E-state index contributed by atoms with van der Waals surface area (Å²) in [6.07, 6.45) is 5.81. The van der Waals surface area contributed by atoms with Crippen molar-refractivity contribution in [3.8, 4) is 17.2 Å². The van der Waals surface area contributed by atoms with Crippen molar-refractivity contribution in [2.75, 3.05) is 26.6 Å². The third-order valence-corrected chi connectivity index (χ3v) is 4.38. The maximum absolute atomic E-state index is 6.13. The van der Waals surface area contributed by atoms with Crippen molar-refractivity contribution < 1.29 is 14.2 Å². The Bertz CT molecular complexity index is 967. The molecular weight excluding hydrogens is 340 g/mol. The summed E-state index contributed by atoms with van der Waals surface area (Å²) in [4.78, 5) is 4.52. The minimum Gasteiger partial charge on any atom is -0.493 e. The number of anilines is 1. The Labute approximate surface area is 159 Å². The molecule has 0 spiro atoms. The topological polar surface area (TPSA) is 52.6 Å². The van der Waals surface area contributed by atoms with E-state index in [9.17, 15) is 0 Å². The molecule has 0 aliphatic carbocycles. The average Bonchev–Trinajstić information content (AvgIpc) is 2.71. The van der Waals surface area contributed by atoms with Crippen LogP contribution in [0, 0.1) is 0 Å². The van der Waals surface area contributed by atoms with Crippen LogP contribution in [-0.4, -0.2) is 26.3 Å². The van der Waals surface area contributed by atoms with E-state index in [4.69, 9.17) is 14.2 Å². The lowest BCUT2D eigenvalue weighted by molar-refractivity contribution is 0.302. The highest BCUT2D eigenvalue weighted by Gasteiger charge is 2.12. The molecule has 140 valence electrons. The second-order valence-electron chi connectivity index (χ2n) is 5.94. The van der Waals surface area contributed by atoms with E-state index in [-0.39, 0.29) is 0 Å². The van der Waals surface area contributed by atoms with Crippen LogP contribution in [0.3, 0.4) is 0 Å². The van der Waals surface area contributed by atoms with Gasteiger partial charge in [0.15, 0.2) is 11.5 Å². The van der Waals surface area contributed by atoms with E-state index in [0.29, 0.717) is 18.1 Å². The van der Waals surface area contributed by atoms with E-state index in [0.717, 1.165) is 33.5 Å². The van der Waals surface area contributed by atoms with Crippen LogP contribution >= 0.6 is 0 Å². The van der Waals surface area contributed by atoms with Gasteiger partial charge in [0.05, 0.1) is 19.9 Å². The highest BCUT2D eigenvalue weighted by atomic mass is 16.5. The number of nitrogens with one attached hydrogen (secondary N) is 1. The number of hydrogen-bond donors (Lipinski definition) is 1. The molecule has 0 atom stereocenters. The fourth-order valence-electron chi connectivity index (χ4n) is 3.05. The van der Waals surface area contributed by atoms with E-state index < -0.39 is 0 Å². The molecule has 0 aliphatic heterocycles. The summed E-state index contributed by atoms with van der Waals surface area (Å²) in [5.74, 6) is 2.17. The van der Waals surface area contributed by atoms with Crippen molar-refractivity contribution in [3.63, 3.8) is 0 Å². The zero-order valence-electron chi connectivity index (χ0n) is 16.1. The van der Waals surface area contributed by atoms with Gasteiger partial charge in [0, 0.05) is 29.9 Å². The first-order valence-electron chi connectivity index (χ1n) is 8.77. The molecule has 0 radical (unpaired) electrons. The van der Waals surface area contributed by atoms with E-state index in [1.54, 1.807) is 20.4 Å². The Morgan fingerprint density at radius 2 is 1.81 bits per heavy atom. The maximum atomic E-state index is 6.13. The van der Waals surface area contributed by atoms with Gasteiger partial charge in [0.25, 0.3) is 0 Å². The van der Waals surface area contributed by atoms with Crippen LogP contribution in [0.1, 0.15) is 18.2 Å². The Hall–Kier alpha value is -3.21. The third-order valence-electron chi connectivity index (χ3n) is 4.38. The molecule has 0 bridgehead atoms. The Kier molecular flexibility index (Phi) is 5.81. The van der Waals surface area contributed by atoms with E-state index >= 15 is 0 Å². The standard InChI is InChI=1S/C22H24N2O3/c1-5-7-16-18(23-2)8-6-9-20(16)27-14-19-17-13-22(26-4)21(25-3)12-15(17)10-11-24-19/h5-13,23H,14H2,1-4H3/b7-5-. The zero-order valence-corrected chi connectivity index (χ0v) is 16.1. The first-order chi connectivity index (χ1) is 13.2. The Morgan fingerprint density at radius 3 is 2.52 bits per heavy atom. The lowest BCUT2D eigenvalue weighted by Crippen LogP contribution is -2.02. The highest BCUT2D eigenvalue weighted by Crippen LogP contribution is 2.34. The number of pyridine rings is 1. The summed E-state index contributed by atoms with van der Waals surface area (Å²) in [6, 6.07) is 11.8. The smallest absolute Gasteiger partial charge is 0.161 e. The summed E-state index contributed by atoms with van der Waals surface area (Å²) in [6.45, 7) is 2.34. The van der Waals surface area contributed by atoms with Gasteiger partial charge in [-0.3, -0.25) is 4.98 Å². The summed E-state index contributed by atoms with van der Waals surface area (Å²) in [5.41, 5.74) is 2.87. The molecule has 3 aromatic rings. The van der Waals surface area contributed by atoms with Crippen LogP contribution < -0.4 is 19.5 Å². The molecule has 3 rings (SSSR count). The van der Waals surface area contributed by atoms with Gasteiger partial charge in [0.1, 0.15) is 12.4 Å². The summed E-state index contributed by atoms with van der Waals surface area (Å²) in [7, 11) is 5.16. The molecule has 0 unspecified atom stereocenters. The minimum atomic E-state index is 0.352. The first-order valence-corrected chi connectivity index (χ1v) is 8.77. The van der Waals surface area contributed by atoms with Gasteiger partial charge in [-0.1, -0.05) is 18.2 Å². The molecule has 0 fully saturated rings. The zero-order chi connectivity index (χ0) is 19.2. The number of ether oxygens (including phenoxy) is 3. The molecular formula is C22H24N2O3. The van der Waals surface area contributed by atoms with Crippen molar-refractivity contribution in [2.24, 2.45) is 0 Å². The predicted octanol–water partition coefficient (Wildman–Crippen LogP) is 4.91. The number of allylic oxidation sites excluding steroid dienone is 1. The molecule has 5 heteroatoms. The van der Waals surface area contributed by atoms with Crippen molar-refractivity contribution in [1.82, 2.24) is 4.98 Å². The van der Waals surface area contributed by atoms with Gasteiger partial charge in [-0.05, 0) is 42.6 Å². The highest BCUT2D eigenvalue weighted by molar-refractivity contribution is 5.87. The lowest BCUT2D eigenvalue weighted by atomic mass is 10.1. The second-order valence-corrected chi connectivity index (χ2v) is 5.94. The second kappa shape index (κ2) is 8.45. The average molecular weight is 364 g/mol. The molecule has 27 heavy (non-hydrogen) atoms. The molecule has 0 saturated heterocycles. The first kappa shape index (κ1) is 18.6.